The number of aryl methyl sites for hydroxylation is 1. The van der Waals surface area contributed by atoms with Crippen molar-refractivity contribution >= 4 is 34.7 Å². The van der Waals surface area contributed by atoms with Gasteiger partial charge in [-0.3, -0.25) is 15.7 Å². The largest absolute Gasteiger partial charge is 0.453 e. The Hall–Kier alpha value is -3.62. The van der Waals surface area contributed by atoms with E-state index in [2.05, 4.69) is 35.9 Å². The van der Waals surface area contributed by atoms with Crippen molar-refractivity contribution < 1.29 is 14.3 Å². The smallest absolute Gasteiger partial charge is 0.412 e. The van der Waals surface area contributed by atoms with Gasteiger partial charge in [0.25, 0.3) is 0 Å². The molecule has 0 saturated carbocycles. The van der Waals surface area contributed by atoms with Gasteiger partial charge >= 0.3 is 12.1 Å². The van der Waals surface area contributed by atoms with Gasteiger partial charge in [-0.15, -0.1) is 0 Å². The zero-order chi connectivity index (χ0) is 19.4. The molecule has 0 fully saturated rings. The number of rotatable bonds is 4. The van der Waals surface area contributed by atoms with E-state index in [0.29, 0.717) is 28.2 Å². The molecule has 9 heteroatoms. The van der Waals surface area contributed by atoms with Crippen molar-refractivity contribution in [3.63, 3.8) is 0 Å². The molecular formula is C18H20N6O3. The predicted octanol–water partition coefficient (Wildman–Crippen LogP) is 3.33. The third-order valence-corrected chi connectivity index (χ3v) is 4.02. The van der Waals surface area contributed by atoms with Crippen LogP contribution in [-0.4, -0.2) is 34.4 Å². The number of H-pyrrole nitrogens is 1. The summed E-state index contributed by atoms with van der Waals surface area (Å²) < 4.78 is 4.57. The van der Waals surface area contributed by atoms with Gasteiger partial charge in [-0.1, -0.05) is 30.3 Å². The van der Waals surface area contributed by atoms with Crippen LogP contribution in [0.15, 0.2) is 36.4 Å². The number of pyridine rings is 1. The van der Waals surface area contributed by atoms with E-state index in [0.717, 1.165) is 5.56 Å². The third kappa shape index (κ3) is 4.14. The number of methoxy groups -OCH3 is 1. The first kappa shape index (κ1) is 18.2. The van der Waals surface area contributed by atoms with Crippen molar-refractivity contribution in [2.45, 2.75) is 19.9 Å². The number of nitrogens with zero attached hydrogens (tertiary/aromatic N) is 2. The zero-order valence-corrected chi connectivity index (χ0v) is 15.2. The van der Waals surface area contributed by atoms with Crippen molar-refractivity contribution in [2.75, 3.05) is 17.7 Å². The van der Waals surface area contributed by atoms with Crippen molar-refractivity contribution in [2.24, 2.45) is 0 Å². The predicted molar refractivity (Wildman–Crippen MR) is 102 cm³/mol. The summed E-state index contributed by atoms with van der Waals surface area (Å²) in [6.45, 7) is 3.66. The van der Waals surface area contributed by atoms with Gasteiger partial charge in [-0.05, 0) is 19.4 Å². The number of anilines is 2. The molecule has 0 aliphatic carbocycles. The summed E-state index contributed by atoms with van der Waals surface area (Å²) in [5.74, 6) is 0.682. The number of aromatic amines is 1. The van der Waals surface area contributed by atoms with E-state index in [9.17, 15) is 9.59 Å². The summed E-state index contributed by atoms with van der Waals surface area (Å²) in [7, 11) is 1.27. The molecule has 9 nitrogen and oxygen atoms in total. The normalized spacial score (nSPS) is 11.7. The molecule has 0 spiro atoms. The lowest BCUT2D eigenvalue weighted by Crippen LogP contribution is -2.31. The molecular weight excluding hydrogens is 348 g/mol. The monoisotopic (exact) mass is 368 g/mol. The van der Waals surface area contributed by atoms with E-state index in [-0.39, 0.29) is 12.1 Å². The Kier molecular flexibility index (Phi) is 5.20. The van der Waals surface area contributed by atoms with E-state index in [1.807, 2.05) is 37.3 Å². The second-order valence-electron chi connectivity index (χ2n) is 5.94. The number of nitrogens with one attached hydrogen (secondary N) is 4. The van der Waals surface area contributed by atoms with Crippen LogP contribution in [0.3, 0.4) is 0 Å². The highest BCUT2D eigenvalue weighted by atomic mass is 16.5. The van der Waals surface area contributed by atoms with Gasteiger partial charge in [0.2, 0.25) is 0 Å². The van der Waals surface area contributed by atoms with Crippen LogP contribution in [0.5, 0.6) is 0 Å². The summed E-state index contributed by atoms with van der Waals surface area (Å²) in [4.78, 5) is 28.0. The molecule has 0 aliphatic heterocycles. The van der Waals surface area contributed by atoms with Gasteiger partial charge in [0.1, 0.15) is 5.82 Å². The summed E-state index contributed by atoms with van der Waals surface area (Å²) in [6.07, 6.45) is -0.626. The number of amides is 3. The number of hydrogen-bond acceptors (Lipinski definition) is 5. The molecule has 0 bridgehead atoms. The van der Waals surface area contributed by atoms with E-state index in [4.69, 9.17) is 0 Å². The fourth-order valence-electron chi connectivity index (χ4n) is 2.71. The van der Waals surface area contributed by atoms with Crippen LogP contribution < -0.4 is 16.0 Å². The standard InChI is InChI=1S/C18H20N6O3/c1-10(12-7-5-4-6-8-12)20-17(25)21-14-9-13-15(11(2)19-14)16(24-23-13)22-18(26)27-3/h4-10H,1-3H3,(H2,19,20,21,25)(H2,22,23,24,26)/t10-/m1/s1. The number of carbonyl (C=O) groups excluding carboxylic acids is 2. The van der Waals surface area contributed by atoms with Gasteiger partial charge in [0.05, 0.1) is 29.7 Å². The Balaban J connectivity index is 1.73. The van der Waals surface area contributed by atoms with Crippen LogP contribution in [0.1, 0.15) is 24.2 Å². The van der Waals surface area contributed by atoms with Gasteiger partial charge in [0.15, 0.2) is 5.82 Å². The fraction of sp³-hybridized carbons (Fsp3) is 0.222. The van der Waals surface area contributed by atoms with Gasteiger partial charge < -0.3 is 10.1 Å². The summed E-state index contributed by atoms with van der Waals surface area (Å²) in [6, 6.07) is 10.8. The number of carbonyl (C=O) groups is 2. The Bertz CT molecular complexity index is 970. The molecule has 3 aromatic rings. The maximum atomic E-state index is 12.3. The summed E-state index contributed by atoms with van der Waals surface area (Å²) in [5, 5.41) is 15.6. The lowest BCUT2D eigenvalue weighted by Gasteiger charge is -2.15. The highest BCUT2D eigenvalue weighted by Crippen LogP contribution is 2.25. The molecule has 3 amide bonds. The van der Waals surface area contributed by atoms with Crippen LogP contribution >= 0.6 is 0 Å². The zero-order valence-electron chi connectivity index (χ0n) is 15.2. The molecule has 1 atom stereocenters. The minimum atomic E-state index is -0.626. The second-order valence-corrected chi connectivity index (χ2v) is 5.94. The molecule has 0 unspecified atom stereocenters. The maximum Gasteiger partial charge on any atom is 0.412 e. The molecule has 2 heterocycles. The highest BCUT2D eigenvalue weighted by Gasteiger charge is 2.15. The lowest BCUT2D eigenvalue weighted by molar-refractivity contribution is 0.187. The van der Waals surface area contributed by atoms with Gasteiger partial charge in [0, 0.05) is 6.07 Å². The Morgan fingerprint density at radius 3 is 2.63 bits per heavy atom. The average Bonchev–Trinajstić information content (AvgIpc) is 3.05. The van der Waals surface area contributed by atoms with E-state index >= 15 is 0 Å². The Morgan fingerprint density at radius 1 is 1.19 bits per heavy atom. The molecule has 27 heavy (non-hydrogen) atoms. The van der Waals surface area contributed by atoms with Gasteiger partial charge in [-0.2, -0.15) is 5.10 Å². The molecule has 3 rings (SSSR count). The summed E-state index contributed by atoms with van der Waals surface area (Å²) >= 11 is 0. The first-order valence-electron chi connectivity index (χ1n) is 8.31. The maximum absolute atomic E-state index is 12.3. The molecule has 4 N–H and O–H groups in total. The SMILES string of the molecule is COC(=O)Nc1n[nH]c2cc(NC(=O)N[C@H](C)c3ccccc3)nc(C)c12. The number of urea groups is 1. The lowest BCUT2D eigenvalue weighted by atomic mass is 10.1. The van der Waals surface area contributed by atoms with Crippen LogP contribution in [0.2, 0.25) is 0 Å². The molecule has 1 aromatic carbocycles. The minimum Gasteiger partial charge on any atom is -0.453 e. The first-order valence-corrected chi connectivity index (χ1v) is 8.31. The van der Waals surface area contributed by atoms with Gasteiger partial charge in [-0.25, -0.2) is 14.6 Å². The Morgan fingerprint density at radius 2 is 1.93 bits per heavy atom. The number of hydrogen-bond donors (Lipinski definition) is 4. The second kappa shape index (κ2) is 7.73. The van der Waals surface area contributed by atoms with Crippen molar-refractivity contribution in [1.29, 1.82) is 0 Å². The fourth-order valence-corrected chi connectivity index (χ4v) is 2.71. The quantitative estimate of drug-likeness (QED) is 0.563. The summed E-state index contributed by atoms with van der Waals surface area (Å²) in [5.41, 5.74) is 2.22. The van der Waals surface area contributed by atoms with Crippen molar-refractivity contribution in [1.82, 2.24) is 20.5 Å². The third-order valence-electron chi connectivity index (χ3n) is 4.02. The molecule has 2 aromatic heterocycles. The minimum absolute atomic E-state index is 0.154. The van der Waals surface area contributed by atoms with Crippen LogP contribution in [0.25, 0.3) is 10.9 Å². The van der Waals surface area contributed by atoms with Crippen LogP contribution in [-0.2, 0) is 4.74 Å². The van der Waals surface area contributed by atoms with Crippen LogP contribution in [0.4, 0.5) is 21.2 Å². The number of benzene rings is 1. The van der Waals surface area contributed by atoms with E-state index < -0.39 is 6.09 Å². The number of aromatic nitrogens is 3. The Labute approximate surface area is 155 Å². The highest BCUT2D eigenvalue weighted by molar-refractivity contribution is 6.00. The molecule has 140 valence electrons. The number of ether oxygens (including phenoxy) is 1. The topological polar surface area (TPSA) is 121 Å². The van der Waals surface area contributed by atoms with E-state index in [1.54, 1.807) is 13.0 Å². The molecule has 0 radical (unpaired) electrons. The van der Waals surface area contributed by atoms with Crippen molar-refractivity contribution in [3.8, 4) is 0 Å². The number of fused-ring (bicyclic) bond motifs is 1. The first-order chi connectivity index (χ1) is 13.0. The van der Waals surface area contributed by atoms with Crippen molar-refractivity contribution in [3.05, 3.63) is 47.7 Å². The average molecular weight is 368 g/mol. The molecule has 0 saturated heterocycles. The molecule has 0 aliphatic rings. The van der Waals surface area contributed by atoms with E-state index in [1.165, 1.54) is 7.11 Å². The van der Waals surface area contributed by atoms with Crippen LogP contribution in [0, 0.1) is 6.92 Å².